The second-order valence-corrected chi connectivity index (χ2v) is 9.20. The van der Waals surface area contributed by atoms with Crippen molar-refractivity contribution in [3.63, 3.8) is 0 Å². The Balaban J connectivity index is 1.43. The van der Waals surface area contributed by atoms with E-state index in [0.29, 0.717) is 24.3 Å². The Morgan fingerprint density at radius 3 is 1.64 bits per heavy atom. The minimum atomic E-state index is -0.756. The van der Waals surface area contributed by atoms with E-state index in [9.17, 15) is 19.8 Å². The van der Waals surface area contributed by atoms with Crippen molar-refractivity contribution in [3.05, 3.63) is 59.7 Å². The zero-order chi connectivity index (χ0) is 23.2. The first-order valence-electron chi connectivity index (χ1n) is 11.7. The summed E-state index contributed by atoms with van der Waals surface area (Å²) in [5.74, 6) is -0.780. The Hall–Kier alpha value is -2.90. The van der Waals surface area contributed by atoms with Crippen molar-refractivity contribution < 1.29 is 24.5 Å². The molecular formula is C26H32N2O5. The average Bonchev–Trinajstić information content (AvgIpc) is 3.50. The maximum Gasteiger partial charge on any atom is 0.307 e. The lowest BCUT2D eigenvalue weighted by Crippen LogP contribution is -2.27. The van der Waals surface area contributed by atoms with Crippen LogP contribution in [-0.2, 0) is 22.4 Å². The van der Waals surface area contributed by atoms with Crippen LogP contribution in [0.1, 0.15) is 24.0 Å². The summed E-state index contributed by atoms with van der Waals surface area (Å²) in [5.41, 5.74) is 1.87. The summed E-state index contributed by atoms with van der Waals surface area (Å²) in [4.78, 5) is 23.7. The van der Waals surface area contributed by atoms with Crippen LogP contribution < -0.4 is 15.4 Å². The summed E-state index contributed by atoms with van der Waals surface area (Å²) in [5, 5.41) is 25.9. The molecule has 2 unspecified atom stereocenters. The first-order chi connectivity index (χ1) is 16.0. The number of ether oxygens (including phenoxy) is 1. The maximum atomic E-state index is 11.8. The third-order valence-corrected chi connectivity index (χ3v) is 6.91. The van der Waals surface area contributed by atoms with Gasteiger partial charge < -0.3 is 25.6 Å². The highest BCUT2D eigenvalue weighted by Crippen LogP contribution is 2.29. The first-order valence-corrected chi connectivity index (χ1v) is 11.7. The van der Waals surface area contributed by atoms with Crippen LogP contribution in [-0.4, -0.2) is 48.3 Å². The molecule has 0 radical (unpaired) electrons. The average molecular weight is 453 g/mol. The fraction of sp³-hybridized carbons (Fsp3) is 0.462. The highest BCUT2D eigenvalue weighted by atomic mass is 16.5. The van der Waals surface area contributed by atoms with Crippen molar-refractivity contribution in [1.29, 1.82) is 0 Å². The fourth-order valence-corrected chi connectivity index (χ4v) is 5.07. The van der Waals surface area contributed by atoms with Gasteiger partial charge in [-0.15, -0.1) is 0 Å². The largest absolute Gasteiger partial charge is 0.481 e. The topological polar surface area (TPSA) is 108 Å². The molecule has 2 aromatic carbocycles. The van der Waals surface area contributed by atoms with Gasteiger partial charge in [0.15, 0.2) is 0 Å². The minimum Gasteiger partial charge on any atom is -0.481 e. The SMILES string of the molecule is O=C(O)C(Cc1cccc(Oc2cccc(CC(C(=O)O)[C@H]3CCNC3)c2)c1)[C@H]1CCNC1. The second-order valence-electron chi connectivity index (χ2n) is 9.20. The van der Waals surface area contributed by atoms with Gasteiger partial charge in [-0.1, -0.05) is 24.3 Å². The molecule has 7 nitrogen and oxygen atoms in total. The molecule has 33 heavy (non-hydrogen) atoms. The van der Waals surface area contributed by atoms with E-state index in [1.807, 2.05) is 48.5 Å². The number of carbonyl (C=O) groups is 2. The Kier molecular flexibility index (Phi) is 7.62. The van der Waals surface area contributed by atoms with Crippen LogP contribution in [0.4, 0.5) is 0 Å². The van der Waals surface area contributed by atoms with Gasteiger partial charge in [-0.05, 0) is 99.1 Å². The van der Waals surface area contributed by atoms with Crippen molar-refractivity contribution in [2.24, 2.45) is 23.7 Å². The molecule has 2 aliphatic heterocycles. The molecule has 7 heteroatoms. The van der Waals surface area contributed by atoms with Crippen molar-refractivity contribution >= 4 is 11.9 Å². The lowest BCUT2D eigenvalue weighted by molar-refractivity contribution is -0.144. The van der Waals surface area contributed by atoms with Gasteiger partial charge in [0.2, 0.25) is 0 Å². The van der Waals surface area contributed by atoms with E-state index in [0.717, 1.165) is 50.1 Å². The zero-order valence-corrected chi connectivity index (χ0v) is 18.7. The van der Waals surface area contributed by atoms with E-state index >= 15 is 0 Å². The summed E-state index contributed by atoms with van der Waals surface area (Å²) >= 11 is 0. The van der Waals surface area contributed by atoms with Crippen molar-refractivity contribution in [2.45, 2.75) is 25.7 Å². The molecule has 2 aliphatic rings. The van der Waals surface area contributed by atoms with E-state index in [1.54, 1.807) is 0 Å². The van der Waals surface area contributed by atoms with Gasteiger partial charge in [0.25, 0.3) is 0 Å². The molecule has 4 N–H and O–H groups in total. The van der Waals surface area contributed by atoms with Crippen LogP contribution >= 0.6 is 0 Å². The van der Waals surface area contributed by atoms with Crippen molar-refractivity contribution in [2.75, 3.05) is 26.2 Å². The molecule has 0 saturated carbocycles. The standard InChI is InChI=1S/C26H32N2O5/c29-25(30)23(19-7-9-27-15-19)13-17-3-1-5-21(11-17)33-22-6-2-4-18(12-22)14-24(26(31)32)20-8-10-28-16-20/h1-6,11-12,19-20,23-24,27-28H,7-10,13-16H2,(H,29,30)(H,31,32)/t19-,20-,23?,24?/m0/s1. The molecular weight excluding hydrogens is 420 g/mol. The van der Waals surface area contributed by atoms with Crippen LogP contribution in [0.5, 0.6) is 11.5 Å². The number of aliphatic carboxylic acids is 2. The van der Waals surface area contributed by atoms with Crippen LogP contribution in [0, 0.1) is 23.7 Å². The van der Waals surface area contributed by atoms with E-state index in [4.69, 9.17) is 4.74 Å². The molecule has 4 rings (SSSR count). The lowest BCUT2D eigenvalue weighted by Gasteiger charge is -2.19. The number of benzene rings is 2. The minimum absolute atomic E-state index is 0.140. The van der Waals surface area contributed by atoms with Gasteiger partial charge in [0.05, 0.1) is 11.8 Å². The summed E-state index contributed by atoms with van der Waals surface area (Å²) in [6.45, 7) is 3.23. The highest BCUT2D eigenvalue weighted by Gasteiger charge is 2.31. The van der Waals surface area contributed by atoms with Crippen molar-refractivity contribution in [3.8, 4) is 11.5 Å². The van der Waals surface area contributed by atoms with Crippen LogP contribution in [0.15, 0.2) is 48.5 Å². The number of carboxylic acid groups (broad SMARTS) is 2. The second kappa shape index (κ2) is 10.8. The molecule has 2 fully saturated rings. The summed E-state index contributed by atoms with van der Waals surface area (Å²) in [6, 6.07) is 15.1. The monoisotopic (exact) mass is 452 g/mol. The van der Waals surface area contributed by atoms with Crippen molar-refractivity contribution in [1.82, 2.24) is 10.6 Å². The van der Waals surface area contributed by atoms with Crippen LogP contribution in [0.25, 0.3) is 0 Å². The van der Waals surface area contributed by atoms with E-state index < -0.39 is 23.8 Å². The number of nitrogens with one attached hydrogen (secondary N) is 2. The molecule has 2 heterocycles. The van der Waals surface area contributed by atoms with Gasteiger partial charge in [-0.3, -0.25) is 9.59 Å². The van der Waals surface area contributed by atoms with Gasteiger partial charge in [-0.2, -0.15) is 0 Å². The predicted molar refractivity (Wildman–Crippen MR) is 125 cm³/mol. The molecule has 0 spiro atoms. The molecule has 0 bridgehead atoms. The van der Waals surface area contributed by atoms with E-state index in [2.05, 4.69) is 10.6 Å². The third kappa shape index (κ3) is 6.12. The predicted octanol–water partition coefficient (Wildman–Crippen LogP) is 3.18. The van der Waals surface area contributed by atoms with E-state index in [-0.39, 0.29) is 11.8 Å². The first kappa shape index (κ1) is 23.3. The molecule has 0 aromatic heterocycles. The molecule has 4 atom stereocenters. The number of hydrogen-bond acceptors (Lipinski definition) is 5. The Bertz CT molecular complexity index is 889. The smallest absolute Gasteiger partial charge is 0.307 e. The number of rotatable bonds is 10. The third-order valence-electron chi connectivity index (χ3n) is 6.91. The van der Waals surface area contributed by atoms with Crippen LogP contribution in [0.2, 0.25) is 0 Å². The maximum absolute atomic E-state index is 11.8. The zero-order valence-electron chi connectivity index (χ0n) is 18.7. The molecule has 0 amide bonds. The summed E-state index contributed by atoms with van der Waals surface area (Å²) in [6.07, 6.45) is 2.70. The van der Waals surface area contributed by atoms with Gasteiger partial charge in [0, 0.05) is 0 Å². The van der Waals surface area contributed by atoms with Gasteiger partial charge >= 0.3 is 11.9 Å². The molecule has 2 aromatic rings. The highest BCUT2D eigenvalue weighted by molar-refractivity contribution is 5.71. The Morgan fingerprint density at radius 2 is 1.27 bits per heavy atom. The molecule has 176 valence electrons. The number of carboxylic acids is 2. The number of hydrogen-bond donors (Lipinski definition) is 4. The lowest BCUT2D eigenvalue weighted by atomic mass is 9.86. The van der Waals surface area contributed by atoms with Crippen LogP contribution in [0.3, 0.4) is 0 Å². The Morgan fingerprint density at radius 1 is 0.818 bits per heavy atom. The van der Waals surface area contributed by atoms with Gasteiger partial charge in [-0.25, -0.2) is 0 Å². The normalized spacial score (nSPS) is 22.1. The quantitative estimate of drug-likeness (QED) is 0.438. The fourth-order valence-electron chi connectivity index (χ4n) is 5.07. The summed E-state index contributed by atoms with van der Waals surface area (Å²) in [7, 11) is 0. The summed E-state index contributed by atoms with van der Waals surface area (Å²) < 4.78 is 6.08. The molecule has 2 saturated heterocycles. The molecule has 0 aliphatic carbocycles. The van der Waals surface area contributed by atoms with Gasteiger partial charge in [0.1, 0.15) is 11.5 Å². The van der Waals surface area contributed by atoms with E-state index in [1.165, 1.54) is 0 Å². The Labute approximate surface area is 194 Å².